The van der Waals surface area contributed by atoms with E-state index in [2.05, 4.69) is 21.2 Å². The van der Waals surface area contributed by atoms with E-state index in [0.717, 1.165) is 5.06 Å². The van der Waals surface area contributed by atoms with Crippen molar-refractivity contribution in [3.8, 4) is 0 Å². The Hall–Kier alpha value is -1.62. The van der Waals surface area contributed by atoms with Crippen LogP contribution in [0.25, 0.3) is 4.48 Å². The molecular formula is C18H24BrN3O5S. The third-order valence-corrected chi connectivity index (χ3v) is 6.94. The summed E-state index contributed by atoms with van der Waals surface area (Å²) in [5.41, 5.74) is 0.647. The maximum absolute atomic E-state index is 13.3. The highest BCUT2D eigenvalue weighted by Gasteiger charge is 2.36. The van der Waals surface area contributed by atoms with Gasteiger partial charge in [-0.3, -0.25) is 10.3 Å². The first-order chi connectivity index (χ1) is 13.0. The van der Waals surface area contributed by atoms with E-state index < -0.39 is 21.7 Å². The highest BCUT2D eigenvalue weighted by molar-refractivity contribution is 9.15. The molecule has 2 N–H and O–H groups in total. The van der Waals surface area contributed by atoms with Gasteiger partial charge in [0.05, 0.1) is 11.4 Å². The zero-order valence-corrected chi connectivity index (χ0v) is 18.4. The van der Waals surface area contributed by atoms with Crippen LogP contribution in [0.5, 0.6) is 0 Å². The Morgan fingerprint density at radius 1 is 1.36 bits per heavy atom. The summed E-state index contributed by atoms with van der Waals surface area (Å²) in [6.45, 7) is 6.01. The van der Waals surface area contributed by atoms with Crippen LogP contribution in [-0.4, -0.2) is 53.8 Å². The molecule has 1 unspecified atom stereocenters. The van der Waals surface area contributed by atoms with Gasteiger partial charge in [-0.15, -0.1) is 0 Å². The summed E-state index contributed by atoms with van der Waals surface area (Å²) in [6, 6.07) is 4.70. The van der Waals surface area contributed by atoms with Crippen molar-refractivity contribution in [1.82, 2.24) is 14.7 Å². The minimum Gasteiger partial charge on any atom is -0.444 e. The Balaban J connectivity index is 1.78. The Bertz CT molecular complexity index is 910. The number of nitrogens with zero attached hydrogens (tertiary/aromatic N) is 2. The number of alkyl carbamates (subject to hydrolysis) is 1. The van der Waals surface area contributed by atoms with Crippen molar-refractivity contribution in [3.63, 3.8) is 0 Å². The molecule has 1 atom stereocenters. The summed E-state index contributed by atoms with van der Waals surface area (Å²) in [5.74, 6) is 0. The van der Waals surface area contributed by atoms with Crippen LogP contribution in [0, 0.1) is 0 Å². The van der Waals surface area contributed by atoms with Gasteiger partial charge in [0.25, 0.3) is 0 Å². The summed E-state index contributed by atoms with van der Waals surface area (Å²) >= 11 is 3.35. The van der Waals surface area contributed by atoms with Crippen LogP contribution >= 0.6 is 15.9 Å². The molecule has 0 aliphatic carbocycles. The number of benzene rings is 1. The molecule has 2 heterocycles. The molecule has 0 aromatic heterocycles. The minimum atomic E-state index is -3.76. The van der Waals surface area contributed by atoms with Gasteiger partial charge in [-0.05, 0) is 54.8 Å². The number of hydroxylamine groups is 2. The average Bonchev–Trinajstić information content (AvgIpc) is 3.01. The highest BCUT2D eigenvalue weighted by Crippen LogP contribution is 2.37. The molecular weight excluding hydrogens is 450 g/mol. The van der Waals surface area contributed by atoms with Gasteiger partial charge in [-0.25, -0.2) is 13.2 Å². The van der Waals surface area contributed by atoms with E-state index in [9.17, 15) is 18.4 Å². The number of carbonyl (C=O) groups excluding carboxylic acids is 1. The summed E-state index contributed by atoms with van der Waals surface area (Å²) in [4.78, 5) is 12.1. The molecule has 0 bridgehead atoms. The van der Waals surface area contributed by atoms with Crippen LogP contribution in [0.15, 0.2) is 29.3 Å². The maximum atomic E-state index is 13.3. The minimum absolute atomic E-state index is 0.179. The number of nitrogens with one attached hydrogen (secondary N) is 1. The number of amides is 1. The number of carbonyl (C=O) groups is 1. The number of ether oxygens (including phenoxy) is 1. The first-order valence-corrected chi connectivity index (χ1v) is 11.2. The number of hydrogen-bond acceptors (Lipinski definition) is 6. The van der Waals surface area contributed by atoms with Gasteiger partial charge in [-0.2, -0.15) is 4.31 Å². The second-order valence-corrected chi connectivity index (χ2v) is 10.6. The molecule has 2 aliphatic rings. The van der Waals surface area contributed by atoms with Crippen LogP contribution in [-0.2, 0) is 21.3 Å². The molecule has 1 aromatic rings. The molecule has 1 amide bonds. The fourth-order valence-electron chi connectivity index (χ4n) is 3.29. The number of fused-ring (bicyclic) bond motifs is 1. The molecule has 2 aliphatic heterocycles. The lowest BCUT2D eigenvalue weighted by molar-refractivity contribution is -0.0497. The molecule has 28 heavy (non-hydrogen) atoms. The fraction of sp³-hybridized carbons (Fsp3) is 0.500. The van der Waals surface area contributed by atoms with Gasteiger partial charge in [0.15, 0.2) is 0 Å². The zero-order valence-electron chi connectivity index (χ0n) is 16.0. The first kappa shape index (κ1) is 21.1. The number of sulfonamides is 1. The smallest absolute Gasteiger partial charge is 0.407 e. The van der Waals surface area contributed by atoms with Gasteiger partial charge in [0, 0.05) is 35.4 Å². The van der Waals surface area contributed by atoms with E-state index in [4.69, 9.17) is 4.74 Å². The molecule has 0 spiro atoms. The van der Waals surface area contributed by atoms with Crippen LogP contribution in [0.4, 0.5) is 4.79 Å². The summed E-state index contributed by atoms with van der Waals surface area (Å²) in [7, 11) is -3.76. The molecule has 1 aromatic carbocycles. The largest absolute Gasteiger partial charge is 0.444 e. The molecule has 8 nitrogen and oxygen atoms in total. The highest BCUT2D eigenvalue weighted by atomic mass is 79.9. The van der Waals surface area contributed by atoms with Crippen molar-refractivity contribution in [2.75, 3.05) is 13.1 Å². The van der Waals surface area contributed by atoms with Crippen molar-refractivity contribution in [1.29, 1.82) is 0 Å². The fourth-order valence-corrected chi connectivity index (χ4v) is 5.87. The van der Waals surface area contributed by atoms with Crippen molar-refractivity contribution >= 4 is 36.5 Å². The van der Waals surface area contributed by atoms with Gasteiger partial charge in [0.1, 0.15) is 5.60 Å². The molecule has 10 heteroatoms. The summed E-state index contributed by atoms with van der Waals surface area (Å²) in [6.07, 6.45) is 1.40. The Labute approximate surface area is 173 Å². The van der Waals surface area contributed by atoms with Gasteiger partial charge < -0.3 is 10.1 Å². The van der Waals surface area contributed by atoms with E-state index in [-0.39, 0.29) is 24.0 Å². The number of hydrogen-bond donors (Lipinski definition) is 2. The maximum Gasteiger partial charge on any atom is 0.407 e. The lowest BCUT2D eigenvalue weighted by atomic mass is 10.1. The van der Waals surface area contributed by atoms with E-state index in [0.29, 0.717) is 28.6 Å². The Kier molecular flexibility index (Phi) is 5.77. The van der Waals surface area contributed by atoms with Gasteiger partial charge in [0.2, 0.25) is 10.0 Å². The van der Waals surface area contributed by atoms with Crippen LogP contribution in [0.3, 0.4) is 0 Å². The van der Waals surface area contributed by atoms with Crippen LogP contribution < -0.4 is 5.32 Å². The lowest BCUT2D eigenvalue weighted by Crippen LogP contribution is -2.41. The average molecular weight is 474 g/mol. The van der Waals surface area contributed by atoms with Gasteiger partial charge >= 0.3 is 6.09 Å². The van der Waals surface area contributed by atoms with Crippen LogP contribution in [0.1, 0.15) is 38.3 Å². The Morgan fingerprint density at radius 2 is 2.07 bits per heavy atom. The number of halogens is 1. The summed E-state index contributed by atoms with van der Waals surface area (Å²) < 4.78 is 33.6. The first-order valence-electron chi connectivity index (χ1n) is 8.92. The van der Waals surface area contributed by atoms with Crippen molar-refractivity contribution in [2.45, 2.75) is 50.3 Å². The molecule has 1 fully saturated rings. The second kappa shape index (κ2) is 7.66. The van der Waals surface area contributed by atoms with Crippen LogP contribution in [0.2, 0.25) is 0 Å². The second-order valence-electron chi connectivity index (χ2n) is 7.86. The predicted molar refractivity (Wildman–Crippen MR) is 107 cm³/mol. The standard InChI is InChI=1S/C18H24BrN3O5S/c1-18(2,3)27-17(23)20-13-7-8-22(10-13)28(25,26)15-6-4-5-12-9-21(24)11-14(19)16(12)15/h4-6,11,13,24H,7-10H2,1-3H3,(H,20,23). The lowest BCUT2D eigenvalue weighted by Gasteiger charge is -2.25. The van der Waals surface area contributed by atoms with Gasteiger partial charge in [-0.1, -0.05) is 12.1 Å². The topological polar surface area (TPSA) is 99.2 Å². The zero-order chi connectivity index (χ0) is 20.7. The SMILES string of the molecule is CC(C)(C)OC(=O)NC1CCN(S(=O)(=O)c2cccc3c2C(Br)=CN(O)C3)C1. The van der Waals surface area contributed by atoms with E-state index in [1.165, 1.54) is 10.5 Å². The molecule has 1 saturated heterocycles. The van der Waals surface area contributed by atoms with E-state index in [1.54, 1.807) is 39.0 Å². The Morgan fingerprint density at radius 3 is 2.75 bits per heavy atom. The van der Waals surface area contributed by atoms with Crippen molar-refractivity contribution < 1.29 is 23.2 Å². The van der Waals surface area contributed by atoms with E-state index >= 15 is 0 Å². The number of rotatable bonds is 3. The third kappa shape index (κ3) is 4.51. The van der Waals surface area contributed by atoms with E-state index in [1.807, 2.05) is 0 Å². The predicted octanol–water partition coefficient (Wildman–Crippen LogP) is 2.87. The van der Waals surface area contributed by atoms with Crippen molar-refractivity contribution in [2.24, 2.45) is 0 Å². The third-order valence-electron chi connectivity index (χ3n) is 4.44. The molecule has 3 rings (SSSR count). The molecule has 0 saturated carbocycles. The normalized spacial score (nSPS) is 20.5. The molecule has 0 radical (unpaired) electrons. The molecule has 154 valence electrons. The van der Waals surface area contributed by atoms with Crippen molar-refractivity contribution in [3.05, 3.63) is 35.5 Å². The quantitative estimate of drug-likeness (QED) is 0.699. The summed E-state index contributed by atoms with van der Waals surface area (Å²) in [5, 5.41) is 13.5. The monoisotopic (exact) mass is 473 g/mol.